The second kappa shape index (κ2) is 7.82. The third-order valence-electron chi connectivity index (χ3n) is 3.77. The molecule has 1 aromatic carbocycles. The maximum absolute atomic E-state index is 12.6. The molecule has 28 heavy (non-hydrogen) atoms. The van der Waals surface area contributed by atoms with Gasteiger partial charge < -0.3 is 4.90 Å². The fourth-order valence-electron chi connectivity index (χ4n) is 2.35. The minimum atomic E-state index is -4.27. The molecule has 1 heterocycles. The van der Waals surface area contributed by atoms with E-state index in [2.05, 4.69) is 14.7 Å². The van der Waals surface area contributed by atoms with E-state index in [1.807, 2.05) is 0 Å². The molecule has 0 aliphatic carbocycles. The molecular formula is C15H18N6O6S. The van der Waals surface area contributed by atoms with E-state index in [0.29, 0.717) is 17.3 Å². The molecule has 0 amide bonds. The first kappa shape index (κ1) is 21.1. The van der Waals surface area contributed by atoms with Crippen molar-refractivity contribution in [1.29, 1.82) is 0 Å². The van der Waals surface area contributed by atoms with Crippen molar-refractivity contribution in [3.63, 3.8) is 0 Å². The summed E-state index contributed by atoms with van der Waals surface area (Å²) < 4.78 is 27.4. The molecule has 150 valence electrons. The van der Waals surface area contributed by atoms with Crippen LogP contribution in [0.5, 0.6) is 0 Å². The molecule has 0 saturated heterocycles. The number of nitrogens with zero attached hydrogens (tertiary/aromatic N) is 5. The van der Waals surface area contributed by atoms with Gasteiger partial charge in [-0.15, -0.1) is 0 Å². The van der Waals surface area contributed by atoms with Crippen molar-refractivity contribution in [2.45, 2.75) is 25.3 Å². The van der Waals surface area contributed by atoms with Crippen LogP contribution in [0.2, 0.25) is 0 Å². The van der Waals surface area contributed by atoms with E-state index in [1.165, 1.54) is 6.92 Å². The second-order valence-electron chi connectivity index (χ2n) is 6.12. The number of rotatable bonds is 7. The normalized spacial score (nSPS) is 11.3. The van der Waals surface area contributed by atoms with Crippen molar-refractivity contribution >= 4 is 27.3 Å². The molecule has 0 aliphatic rings. The van der Waals surface area contributed by atoms with Gasteiger partial charge in [0.25, 0.3) is 11.4 Å². The average molecular weight is 410 g/mol. The van der Waals surface area contributed by atoms with Crippen LogP contribution < -0.4 is 9.62 Å². The van der Waals surface area contributed by atoms with Crippen LogP contribution >= 0.6 is 0 Å². The molecule has 0 unspecified atom stereocenters. The SMILES string of the molecule is Cc1cc(CNS(=O)(=O)c2cc([N+](=O)[O-])c(C)c([N+](=O)[O-])c2)nc(N(C)C)n1. The van der Waals surface area contributed by atoms with E-state index in [0.717, 1.165) is 12.1 Å². The standard InChI is InChI=1S/C15H18N6O6S/c1-9-5-11(18-15(17-9)19(3)4)8-16-28(26,27)12-6-13(20(22)23)10(2)14(7-12)21(24)25/h5-7,16H,8H2,1-4H3. The smallest absolute Gasteiger partial charge is 0.280 e. The molecule has 0 saturated carbocycles. The lowest BCUT2D eigenvalue weighted by atomic mass is 10.1. The van der Waals surface area contributed by atoms with Crippen molar-refractivity contribution in [1.82, 2.24) is 14.7 Å². The Morgan fingerprint density at radius 1 is 1.04 bits per heavy atom. The molecule has 0 atom stereocenters. The monoisotopic (exact) mass is 410 g/mol. The molecule has 12 nitrogen and oxygen atoms in total. The molecule has 1 N–H and O–H groups in total. The summed E-state index contributed by atoms with van der Waals surface area (Å²) in [5, 5.41) is 22.3. The lowest BCUT2D eigenvalue weighted by Crippen LogP contribution is -2.25. The highest BCUT2D eigenvalue weighted by molar-refractivity contribution is 7.89. The summed E-state index contributed by atoms with van der Waals surface area (Å²) in [7, 11) is -0.807. The number of benzene rings is 1. The summed E-state index contributed by atoms with van der Waals surface area (Å²) in [6, 6.07) is 3.16. The van der Waals surface area contributed by atoms with Crippen LogP contribution in [-0.2, 0) is 16.6 Å². The molecule has 0 spiro atoms. The zero-order valence-corrected chi connectivity index (χ0v) is 16.3. The van der Waals surface area contributed by atoms with Crippen molar-refractivity contribution in [2.24, 2.45) is 0 Å². The zero-order chi connectivity index (χ0) is 21.2. The van der Waals surface area contributed by atoms with Crippen molar-refractivity contribution < 1.29 is 18.3 Å². The van der Waals surface area contributed by atoms with Crippen molar-refractivity contribution in [2.75, 3.05) is 19.0 Å². The number of nitro groups is 2. The predicted octanol–water partition coefficient (Wildman–Crippen LogP) is 1.45. The summed E-state index contributed by atoms with van der Waals surface area (Å²) >= 11 is 0. The number of sulfonamides is 1. The van der Waals surface area contributed by atoms with E-state index in [4.69, 9.17) is 0 Å². The van der Waals surface area contributed by atoms with Crippen molar-refractivity contribution in [3.8, 4) is 0 Å². The third kappa shape index (κ3) is 4.55. The molecule has 2 rings (SSSR count). The highest BCUT2D eigenvalue weighted by atomic mass is 32.2. The zero-order valence-electron chi connectivity index (χ0n) is 15.5. The molecule has 0 fully saturated rings. The topological polar surface area (TPSA) is 161 Å². The average Bonchev–Trinajstić information content (AvgIpc) is 2.59. The van der Waals surface area contributed by atoms with Gasteiger partial charge in [-0.3, -0.25) is 20.2 Å². The molecule has 13 heteroatoms. The minimum absolute atomic E-state index is 0.220. The lowest BCUT2D eigenvalue weighted by molar-refractivity contribution is -0.395. The fraction of sp³-hybridized carbons (Fsp3) is 0.333. The van der Waals surface area contributed by atoms with Crippen LogP contribution in [0.4, 0.5) is 17.3 Å². The summed E-state index contributed by atoms with van der Waals surface area (Å²) in [6.45, 7) is 2.69. The first-order valence-corrected chi connectivity index (χ1v) is 9.35. The van der Waals surface area contributed by atoms with Crippen LogP contribution in [0.15, 0.2) is 23.1 Å². The molecule has 0 bridgehead atoms. The van der Waals surface area contributed by atoms with Gasteiger partial charge in [0.05, 0.1) is 27.0 Å². The number of aryl methyl sites for hydroxylation is 1. The highest BCUT2D eigenvalue weighted by Crippen LogP contribution is 2.31. The summed E-state index contributed by atoms with van der Waals surface area (Å²) in [5.41, 5.74) is -0.536. The van der Waals surface area contributed by atoms with Gasteiger partial charge in [-0.1, -0.05) is 0 Å². The van der Waals surface area contributed by atoms with Gasteiger partial charge in [-0.05, 0) is 19.9 Å². The first-order chi connectivity index (χ1) is 12.9. The largest absolute Gasteiger partial charge is 0.347 e. The van der Waals surface area contributed by atoms with Crippen LogP contribution in [0.3, 0.4) is 0 Å². The second-order valence-corrected chi connectivity index (χ2v) is 7.89. The maximum atomic E-state index is 12.6. The number of hydrogen-bond acceptors (Lipinski definition) is 9. The summed E-state index contributed by atoms with van der Waals surface area (Å²) in [5.74, 6) is 0.385. The summed E-state index contributed by atoms with van der Waals surface area (Å²) in [6.07, 6.45) is 0. The first-order valence-electron chi connectivity index (χ1n) is 7.87. The van der Waals surface area contributed by atoms with Crippen LogP contribution in [-0.4, -0.2) is 42.3 Å². The van der Waals surface area contributed by atoms with Gasteiger partial charge >= 0.3 is 0 Å². The van der Waals surface area contributed by atoms with E-state index in [9.17, 15) is 28.6 Å². The minimum Gasteiger partial charge on any atom is -0.347 e. The predicted molar refractivity (Wildman–Crippen MR) is 99.6 cm³/mol. The van der Waals surface area contributed by atoms with Gasteiger partial charge in [0.1, 0.15) is 5.56 Å². The van der Waals surface area contributed by atoms with E-state index < -0.39 is 36.1 Å². The Kier molecular flexibility index (Phi) is 5.89. The van der Waals surface area contributed by atoms with Crippen LogP contribution in [0.25, 0.3) is 0 Å². The fourth-order valence-corrected chi connectivity index (χ4v) is 3.39. The maximum Gasteiger partial charge on any atom is 0.280 e. The molecule has 0 aliphatic heterocycles. The number of nitro benzene ring substituents is 2. The molecule has 2 aromatic rings. The highest BCUT2D eigenvalue weighted by Gasteiger charge is 2.28. The molecular weight excluding hydrogens is 392 g/mol. The Morgan fingerprint density at radius 3 is 2.04 bits per heavy atom. The lowest BCUT2D eigenvalue weighted by Gasteiger charge is -2.13. The Hall–Kier alpha value is -3.19. The van der Waals surface area contributed by atoms with E-state index in [1.54, 1.807) is 32.0 Å². The van der Waals surface area contributed by atoms with Crippen LogP contribution in [0.1, 0.15) is 17.0 Å². The summed E-state index contributed by atoms with van der Waals surface area (Å²) in [4.78, 5) is 30.0. The number of anilines is 1. The molecule has 0 radical (unpaired) electrons. The van der Waals surface area contributed by atoms with E-state index in [-0.39, 0.29) is 12.1 Å². The Bertz CT molecular complexity index is 1020. The van der Waals surface area contributed by atoms with Gasteiger partial charge in [0.15, 0.2) is 0 Å². The third-order valence-corrected chi connectivity index (χ3v) is 5.15. The Labute approximate surface area is 160 Å². The number of nitrogens with one attached hydrogen (secondary N) is 1. The van der Waals surface area contributed by atoms with Crippen molar-refractivity contribution in [3.05, 3.63) is 55.4 Å². The molecule has 1 aromatic heterocycles. The van der Waals surface area contributed by atoms with E-state index >= 15 is 0 Å². The van der Waals surface area contributed by atoms with Gasteiger partial charge in [0, 0.05) is 31.9 Å². The number of hydrogen-bond donors (Lipinski definition) is 1. The quantitative estimate of drug-likeness (QED) is 0.526. The van der Waals surface area contributed by atoms with Gasteiger partial charge in [0.2, 0.25) is 16.0 Å². The number of aromatic nitrogens is 2. The Balaban J connectivity index is 2.40. The van der Waals surface area contributed by atoms with Gasteiger partial charge in [-0.25, -0.2) is 23.1 Å². The van der Waals surface area contributed by atoms with Crippen LogP contribution in [0, 0.1) is 34.1 Å². The Morgan fingerprint density at radius 2 is 1.57 bits per heavy atom. The van der Waals surface area contributed by atoms with Gasteiger partial charge in [-0.2, -0.15) is 0 Å².